The van der Waals surface area contributed by atoms with Crippen molar-refractivity contribution in [2.24, 2.45) is 23.7 Å². The van der Waals surface area contributed by atoms with Gasteiger partial charge in [-0.25, -0.2) is 19.2 Å². The van der Waals surface area contributed by atoms with Gasteiger partial charge in [0.25, 0.3) is 0 Å². The first-order valence-corrected chi connectivity index (χ1v) is 10.8. The van der Waals surface area contributed by atoms with Crippen molar-refractivity contribution >= 4 is 24.1 Å². The van der Waals surface area contributed by atoms with Crippen LogP contribution in [0.15, 0.2) is 25.3 Å². The Hall–Kier alpha value is -3.04. The molecule has 178 valence electrons. The van der Waals surface area contributed by atoms with E-state index in [0.717, 1.165) is 31.4 Å². The number of alkyl carbamates (subject to hydrolysis) is 2. The third-order valence-electron chi connectivity index (χ3n) is 5.95. The van der Waals surface area contributed by atoms with Crippen LogP contribution in [0, 0.1) is 23.7 Å². The highest BCUT2D eigenvalue weighted by molar-refractivity contribution is 5.81. The van der Waals surface area contributed by atoms with Crippen molar-refractivity contribution in [3.05, 3.63) is 25.3 Å². The molecule has 0 spiro atoms. The van der Waals surface area contributed by atoms with Gasteiger partial charge in [0.2, 0.25) is 0 Å². The highest BCUT2D eigenvalue weighted by atomic mass is 16.6. The lowest BCUT2D eigenvalue weighted by atomic mass is 9.87. The molecule has 0 radical (unpaired) electrons. The summed E-state index contributed by atoms with van der Waals surface area (Å²) in [5.74, 6) is 0.875. The maximum absolute atomic E-state index is 11.8. The van der Waals surface area contributed by atoms with Gasteiger partial charge >= 0.3 is 24.1 Å². The maximum atomic E-state index is 11.8. The van der Waals surface area contributed by atoms with Gasteiger partial charge in [0.05, 0.1) is 0 Å². The quantitative estimate of drug-likeness (QED) is 0.188. The van der Waals surface area contributed by atoms with Gasteiger partial charge in [0.15, 0.2) is 0 Å². The van der Waals surface area contributed by atoms with Crippen molar-refractivity contribution in [2.75, 3.05) is 39.5 Å². The summed E-state index contributed by atoms with van der Waals surface area (Å²) in [7, 11) is 0. The minimum atomic E-state index is -0.558. The van der Waals surface area contributed by atoms with E-state index >= 15 is 0 Å². The first-order chi connectivity index (χ1) is 15.4. The summed E-state index contributed by atoms with van der Waals surface area (Å²) < 4.78 is 19.4. The minimum absolute atomic E-state index is 0.0100. The van der Waals surface area contributed by atoms with E-state index in [1.165, 1.54) is 6.42 Å². The van der Waals surface area contributed by atoms with E-state index in [4.69, 9.17) is 18.9 Å². The summed E-state index contributed by atoms with van der Waals surface area (Å²) >= 11 is 0. The molecule has 2 N–H and O–H groups in total. The van der Waals surface area contributed by atoms with Gasteiger partial charge < -0.3 is 29.6 Å². The average Bonchev–Trinajstić information content (AvgIpc) is 3.34. The Morgan fingerprint density at radius 3 is 1.97 bits per heavy atom. The van der Waals surface area contributed by atoms with Crippen LogP contribution in [0.5, 0.6) is 0 Å². The first kappa shape index (κ1) is 25.2. The van der Waals surface area contributed by atoms with Crippen molar-refractivity contribution in [2.45, 2.75) is 25.7 Å². The molecule has 4 unspecified atom stereocenters. The van der Waals surface area contributed by atoms with Crippen LogP contribution in [-0.4, -0.2) is 63.6 Å². The molecule has 2 amide bonds. The largest absolute Gasteiger partial charge is 0.459 e. The maximum Gasteiger partial charge on any atom is 0.407 e. The van der Waals surface area contributed by atoms with Crippen LogP contribution in [0.2, 0.25) is 0 Å². The lowest BCUT2D eigenvalue weighted by Crippen LogP contribution is -2.33. The highest BCUT2D eigenvalue weighted by Crippen LogP contribution is 2.53. The van der Waals surface area contributed by atoms with E-state index in [9.17, 15) is 19.2 Å². The third-order valence-corrected chi connectivity index (χ3v) is 5.95. The Morgan fingerprint density at radius 2 is 1.38 bits per heavy atom. The summed E-state index contributed by atoms with van der Waals surface area (Å²) in [4.78, 5) is 45.4. The van der Waals surface area contributed by atoms with E-state index in [-0.39, 0.29) is 26.4 Å². The molecule has 2 aliphatic rings. The normalized spacial score (nSPS) is 23.0. The molecule has 2 aliphatic carbocycles. The lowest BCUT2D eigenvalue weighted by Gasteiger charge is -2.22. The number of fused-ring (bicyclic) bond motifs is 2. The van der Waals surface area contributed by atoms with Gasteiger partial charge in [-0.1, -0.05) is 13.2 Å². The standard InChI is InChI=1S/C22H32N2O8/c1-3-19(25)29-9-11-31-21(27)23-8-7-18-15-5-6-17(18)16(13-15)14-24-22(28)32-12-10-30-20(26)4-2/h3-4,15-18H,1-2,5-14H2,(H,23,27)(H,24,28). The van der Waals surface area contributed by atoms with Crippen LogP contribution < -0.4 is 10.6 Å². The van der Waals surface area contributed by atoms with E-state index in [1.54, 1.807) is 0 Å². The molecule has 10 heteroatoms. The smallest absolute Gasteiger partial charge is 0.407 e. The van der Waals surface area contributed by atoms with Crippen LogP contribution in [0.4, 0.5) is 9.59 Å². The van der Waals surface area contributed by atoms with Crippen molar-refractivity contribution < 1.29 is 38.1 Å². The summed E-state index contributed by atoms with van der Waals surface area (Å²) in [6, 6.07) is 0. The monoisotopic (exact) mass is 452 g/mol. The predicted octanol–water partition coefficient (Wildman–Crippen LogP) is 1.95. The molecule has 10 nitrogen and oxygen atoms in total. The van der Waals surface area contributed by atoms with Gasteiger partial charge in [-0.15, -0.1) is 0 Å². The number of nitrogens with one attached hydrogen (secondary N) is 2. The Balaban J connectivity index is 1.58. The molecule has 0 aromatic heterocycles. The molecule has 0 aliphatic heterocycles. The summed E-state index contributed by atoms with van der Waals surface area (Å²) in [5, 5.41) is 5.53. The summed E-state index contributed by atoms with van der Waals surface area (Å²) in [5.41, 5.74) is 0. The summed E-state index contributed by atoms with van der Waals surface area (Å²) in [6.07, 6.45) is 5.22. The average molecular weight is 453 g/mol. The van der Waals surface area contributed by atoms with Crippen molar-refractivity contribution in [1.82, 2.24) is 10.6 Å². The molecule has 0 saturated heterocycles. The van der Waals surface area contributed by atoms with E-state index < -0.39 is 24.1 Å². The van der Waals surface area contributed by atoms with Crippen LogP contribution in [0.25, 0.3) is 0 Å². The Bertz CT molecular complexity index is 695. The van der Waals surface area contributed by atoms with E-state index in [2.05, 4.69) is 23.8 Å². The number of rotatable bonds is 13. The van der Waals surface area contributed by atoms with E-state index in [1.807, 2.05) is 0 Å². The fraction of sp³-hybridized carbons (Fsp3) is 0.636. The molecule has 0 heterocycles. The van der Waals surface area contributed by atoms with Gasteiger partial charge in [0, 0.05) is 25.2 Å². The molecule has 2 saturated carbocycles. The first-order valence-electron chi connectivity index (χ1n) is 10.8. The second kappa shape index (κ2) is 13.4. The number of esters is 2. The van der Waals surface area contributed by atoms with Crippen molar-refractivity contribution in [1.29, 1.82) is 0 Å². The number of hydrogen-bond acceptors (Lipinski definition) is 8. The number of carbonyl (C=O) groups is 4. The van der Waals surface area contributed by atoms with Crippen LogP contribution in [0.1, 0.15) is 25.7 Å². The molecule has 2 bridgehead atoms. The molecule has 0 aromatic rings. The van der Waals surface area contributed by atoms with Crippen LogP contribution in [0.3, 0.4) is 0 Å². The van der Waals surface area contributed by atoms with Crippen LogP contribution in [-0.2, 0) is 28.5 Å². The fourth-order valence-electron chi connectivity index (χ4n) is 4.64. The van der Waals surface area contributed by atoms with Crippen molar-refractivity contribution in [3.8, 4) is 0 Å². The number of carbonyl (C=O) groups excluding carboxylic acids is 4. The predicted molar refractivity (Wildman–Crippen MR) is 113 cm³/mol. The zero-order valence-electron chi connectivity index (χ0n) is 18.2. The second-order valence-electron chi connectivity index (χ2n) is 7.77. The third kappa shape index (κ3) is 8.24. The molecule has 2 fully saturated rings. The molecule has 4 atom stereocenters. The molecular weight excluding hydrogens is 420 g/mol. The summed E-state index contributed by atoms with van der Waals surface area (Å²) in [6.45, 7) is 7.57. The minimum Gasteiger partial charge on any atom is -0.459 e. The van der Waals surface area contributed by atoms with Crippen molar-refractivity contribution in [3.63, 3.8) is 0 Å². The number of ether oxygens (including phenoxy) is 4. The second-order valence-corrected chi connectivity index (χ2v) is 7.77. The van der Waals surface area contributed by atoms with Gasteiger partial charge in [-0.2, -0.15) is 0 Å². The van der Waals surface area contributed by atoms with Crippen LogP contribution >= 0.6 is 0 Å². The molecular formula is C22H32N2O8. The topological polar surface area (TPSA) is 129 Å². The van der Waals surface area contributed by atoms with E-state index in [0.29, 0.717) is 36.8 Å². The SMILES string of the molecule is C=CC(=O)OCCOC(=O)NCCC1C2CCC1C(CNC(=O)OCCOC(=O)C=C)C2. The lowest BCUT2D eigenvalue weighted by molar-refractivity contribution is -0.139. The highest BCUT2D eigenvalue weighted by Gasteiger charge is 2.47. The molecule has 32 heavy (non-hydrogen) atoms. The number of amides is 2. The Kier molecular flexibility index (Phi) is 10.6. The fourth-order valence-corrected chi connectivity index (χ4v) is 4.64. The zero-order chi connectivity index (χ0) is 23.3. The van der Waals surface area contributed by atoms with Gasteiger partial charge in [0.1, 0.15) is 26.4 Å². The molecule has 2 rings (SSSR count). The Labute approximate surface area is 187 Å². The van der Waals surface area contributed by atoms with Gasteiger partial charge in [-0.3, -0.25) is 0 Å². The zero-order valence-corrected chi connectivity index (χ0v) is 18.2. The number of hydrogen-bond donors (Lipinski definition) is 2. The van der Waals surface area contributed by atoms with Gasteiger partial charge in [-0.05, 0) is 49.4 Å². The Morgan fingerprint density at radius 1 is 0.812 bits per heavy atom. The molecule has 0 aromatic carbocycles.